The molecule has 0 unspecified atom stereocenters. The zero-order chi connectivity index (χ0) is 16.4. The number of hydrogen-bond donors (Lipinski definition) is 1. The molecule has 23 heavy (non-hydrogen) atoms. The second-order valence-electron chi connectivity index (χ2n) is 5.15. The van der Waals surface area contributed by atoms with Crippen LogP contribution in [0.2, 0.25) is 0 Å². The van der Waals surface area contributed by atoms with Crippen molar-refractivity contribution in [2.24, 2.45) is 7.05 Å². The first-order valence-electron chi connectivity index (χ1n) is 7.07. The number of pyridine rings is 1. The Morgan fingerprint density at radius 2 is 2.13 bits per heavy atom. The van der Waals surface area contributed by atoms with Crippen molar-refractivity contribution < 1.29 is 4.79 Å². The van der Waals surface area contributed by atoms with Crippen LogP contribution in [0.15, 0.2) is 47.1 Å². The van der Waals surface area contributed by atoms with Crippen LogP contribution in [-0.4, -0.2) is 20.7 Å². The fraction of sp³-hybridized carbons (Fsp3) is 0.118. The molecule has 0 aliphatic rings. The van der Waals surface area contributed by atoms with E-state index in [1.807, 2.05) is 44.3 Å². The molecule has 3 aromatic rings. The lowest BCUT2D eigenvalue weighted by Crippen LogP contribution is -2.08. The average Bonchev–Trinajstić information content (AvgIpc) is 2.81. The van der Waals surface area contributed by atoms with Crippen LogP contribution in [0.4, 0.5) is 5.69 Å². The van der Waals surface area contributed by atoms with Crippen LogP contribution < -0.4 is 5.32 Å². The minimum atomic E-state index is -0.205. The molecule has 116 valence electrons. The molecular formula is C17H15BrN4O. The van der Waals surface area contributed by atoms with E-state index in [4.69, 9.17) is 0 Å². The van der Waals surface area contributed by atoms with E-state index < -0.39 is 0 Å². The van der Waals surface area contributed by atoms with Gasteiger partial charge in [0.15, 0.2) is 5.65 Å². The molecule has 0 aliphatic heterocycles. The van der Waals surface area contributed by atoms with Crippen LogP contribution in [0.5, 0.6) is 0 Å². The SMILES string of the molecule is Cc1nn(C)c2ncc(NC(=O)C=Cc3ccccc3Br)cc12. The van der Waals surface area contributed by atoms with Crippen LogP contribution in [0.25, 0.3) is 17.1 Å². The van der Waals surface area contributed by atoms with Gasteiger partial charge in [0.2, 0.25) is 5.91 Å². The Kier molecular flexibility index (Phi) is 4.25. The third kappa shape index (κ3) is 3.32. The molecule has 0 saturated heterocycles. The van der Waals surface area contributed by atoms with Gasteiger partial charge >= 0.3 is 0 Å². The van der Waals surface area contributed by atoms with Gasteiger partial charge < -0.3 is 5.32 Å². The summed E-state index contributed by atoms with van der Waals surface area (Å²) in [6.45, 7) is 1.92. The van der Waals surface area contributed by atoms with Crippen molar-refractivity contribution in [3.05, 3.63) is 58.3 Å². The van der Waals surface area contributed by atoms with Crippen molar-refractivity contribution in [1.29, 1.82) is 0 Å². The van der Waals surface area contributed by atoms with Gasteiger partial charge in [0.05, 0.1) is 17.6 Å². The summed E-state index contributed by atoms with van der Waals surface area (Å²) in [6, 6.07) is 9.60. The highest BCUT2D eigenvalue weighted by molar-refractivity contribution is 9.10. The normalized spacial score (nSPS) is 11.3. The maximum atomic E-state index is 12.1. The summed E-state index contributed by atoms with van der Waals surface area (Å²) in [4.78, 5) is 16.4. The zero-order valence-electron chi connectivity index (χ0n) is 12.7. The van der Waals surface area contributed by atoms with Crippen molar-refractivity contribution in [2.45, 2.75) is 6.92 Å². The van der Waals surface area contributed by atoms with E-state index in [-0.39, 0.29) is 5.91 Å². The predicted octanol–water partition coefficient (Wildman–Crippen LogP) is 3.69. The van der Waals surface area contributed by atoms with Crippen LogP contribution >= 0.6 is 15.9 Å². The first-order chi connectivity index (χ1) is 11.0. The number of nitrogens with one attached hydrogen (secondary N) is 1. The van der Waals surface area contributed by atoms with E-state index in [2.05, 4.69) is 31.3 Å². The van der Waals surface area contributed by atoms with Crippen molar-refractivity contribution in [3.8, 4) is 0 Å². The average molecular weight is 371 g/mol. The predicted molar refractivity (Wildman–Crippen MR) is 95.1 cm³/mol. The molecule has 0 aliphatic carbocycles. The zero-order valence-corrected chi connectivity index (χ0v) is 14.3. The number of nitrogens with zero attached hydrogens (tertiary/aromatic N) is 3. The van der Waals surface area contributed by atoms with Crippen molar-refractivity contribution in [1.82, 2.24) is 14.8 Å². The van der Waals surface area contributed by atoms with Gasteiger partial charge in [-0.05, 0) is 30.7 Å². The molecule has 5 nitrogen and oxygen atoms in total. The first kappa shape index (κ1) is 15.4. The van der Waals surface area contributed by atoms with E-state index in [1.165, 1.54) is 6.08 Å². The number of benzene rings is 1. The van der Waals surface area contributed by atoms with Gasteiger partial charge in [-0.2, -0.15) is 5.10 Å². The lowest BCUT2D eigenvalue weighted by Gasteiger charge is -2.02. The largest absolute Gasteiger partial charge is 0.321 e. The third-order valence-electron chi connectivity index (χ3n) is 3.45. The topological polar surface area (TPSA) is 59.8 Å². The number of anilines is 1. The van der Waals surface area contributed by atoms with Crippen LogP contribution in [0.3, 0.4) is 0 Å². The highest BCUT2D eigenvalue weighted by Gasteiger charge is 2.08. The number of fused-ring (bicyclic) bond motifs is 1. The Balaban J connectivity index is 1.78. The smallest absolute Gasteiger partial charge is 0.248 e. The number of rotatable bonds is 3. The Morgan fingerprint density at radius 1 is 1.35 bits per heavy atom. The summed E-state index contributed by atoms with van der Waals surface area (Å²) < 4.78 is 2.67. The Labute approximate surface area is 142 Å². The monoisotopic (exact) mass is 370 g/mol. The van der Waals surface area contributed by atoms with Gasteiger partial charge in [-0.15, -0.1) is 0 Å². The summed E-state index contributed by atoms with van der Waals surface area (Å²) in [6.07, 6.45) is 4.90. The molecule has 2 heterocycles. The number of aryl methyl sites for hydroxylation is 2. The van der Waals surface area contributed by atoms with Gasteiger partial charge in [0.25, 0.3) is 0 Å². The summed E-state index contributed by atoms with van der Waals surface area (Å²) >= 11 is 3.45. The van der Waals surface area contributed by atoms with Crippen LogP contribution in [0.1, 0.15) is 11.3 Å². The molecule has 0 saturated carbocycles. The molecule has 2 aromatic heterocycles. The van der Waals surface area contributed by atoms with Gasteiger partial charge in [-0.3, -0.25) is 9.48 Å². The van der Waals surface area contributed by atoms with E-state index in [9.17, 15) is 4.79 Å². The molecule has 0 spiro atoms. The summed E-state index contributed by atoms with van der Waals surface area (Å²) in [7, 11) is 1.85. The number of carbonyl (C=O) groups excluding carboxylic acids is 1. The van der Waals surface area contributed by atoms with E-state index in [0.29, 0.717) is 5.69 Å². The van der Waals surface area contributed by atoms with Gasteiger partial charge in [-0.25, -0.2) is 4.98 Å². The quantitative estimate of drug-likeness (QED) is 0.715. The number of carbonyl (C=O) groups is 1. The molecule has 6 heteroatoms. The molecule has 1 aromatic carbocycles. The van der Waals surface area contributed by atoms with Gasteiger partial charge in [0, 0.05) is 23.0 Å². The molecule has 1 N–H and O–H groups in total. The minimum Gasteiger partial charge on any atom is -0.321 e. The summed E-state index contributed by atoms with van der Waals surface area (Å²) in [5.41, 5.74) is 3.27. The second-order valence-corrected chi connectivity index (χ2v) is 6.00. The Morgan fingerprint density at radius 3 is 2.91 bits per heavy atom. The fourth-order valence-electron chi connectivity index (χ4n) is 2.34. The van der Waals surface area contributed by atoms with Gasteiger partial charge in [-0.1, -0.05) is 34.1 Å². The Bertz CT molecular complexity index is 914. The number of hydrogen-bond acceptors (Lipinski definition) is 3. The first-order valence-corrected chi connectivity index (χ1v) is 7.87. The lowest BCUT2D eigenvalue weighted by atomic mass is 10.2. The highest BCUT2D eigenvalue weighted by atomic mass is 79.9. The molecule has 0 fully saturated rings. The minimum absolute atomic E-state index is 0.205. The summed E-state index contributed by atoms with van der Waals surface area (Å²) in [5, 5.41) is 8.07. The maximum Gasteiger partial charge on any atom is 0.248 e. The molecule has 1 amide bonds. The fourth-order valence-corrected chi connectivity index (χ4v) is 2.75. The van der Waals surface area contributed by atoms with Crippen LogP contribution in [0, 0.1) is 6.92 Å². The Hall–Kier alpha value is -2.47. The number of aromatic nitrogens is 3. The van der Waals surface area contributed by atoms with Crippen molar-refractivity contribution >= 4 is 44.6 Å². The molecule has 3 rings (SSSR count). The highest BCUT2D eigenvalue weighted by Crippen LogP contribution is 2.20. The van der Waals surface area contributed by atoms with Gasteiger partial charge in [0.1, 0.15) is 0 Å². The van der Waals surface area contributed by atoms with E-state index in [1.54, 1.807) is 17.0 Å². The molecule has 0 radical (unpaired) electrons. The maximum absolute atomic E-state index is 12.1. The van der Waals surface area contributed by atoms with E-state index >= 15 is 0 Å². The second kappa shape index (κ2) is 6.34. The number of amides is 1. The summed E-state index contributed by atoms with van der Waals surface area (Å²) in [5.74, 6) is -0.205. The molecule has 0 bridgehead atoms. The lowest BCUT2D eigenvalue weighted by molar-refractivity contribution is -0.111. The standard InChI is InChI=1S/C17H15BrN4O/c1-11-14-9-13(10-19-17(14)22(2)21-11)20-16(23)8-7-12-5-3-4-6-15(12)18/h3-10H,1-2H3,(H,20,23). The molecule has 0 atom stereocenters. The van der Waals surface area contributed by atoms with Crippen molar-refractivity contribution in [2.75, 3.05) is 5.32 Å². The molecular weight excluding hydrogens is 356 g/mol. The van der Waals surface area contributed by atoms with Crippen LogP contribution in [-0.2, 0) is 11.8 Å². The van der Waals surface area contributed by atoms with E-state index in [0.717, 1.165) is 26.8 Å². The number of halogens is 1. The third-order valence-corrected chi connectivity index (χ3v) is 4.17. The van der Waals surface area contributed by atoms with Crippen molar-refractivity contribution in [3.63, 3.8) is 0 Å².